The molecule has 176 valence electrons. The highest BCUT2D eigenvalue weighted by Gasteiger charge is 2.32. The summed E-state index contributed by atoms with van der Waals surface area (Å²) in [6, 6.07) is 6.10. The molecule has 0 fully saturated rings. The number of hydrogen-bond acceptors (Lipinski definition) is 5. The second-order valence-corrected chi connectivity index (χ2v) is 8.03. The Morgan fingerprint density at radius 1 is 1.18 bits per heavy atom. The number of aliphatic hydroxyl groups excluding tert-OH is 1. The quantitative estimate of drug-likeness (QED) is 0.513. The molecular formula is C22H20Cl2F2N2O5. The molecule has 3 rings (SSSR count). The van der Waals surface area contributed by atoms with Crippen molar-refractivity contribution in [1.82, 2.24) is 10.6 Å². The second kappa shape index (κ2) is 10.8. The molecule has 1 aliphatic heterocycles. The Labute approximate surface area is 198 Å². The van der Waals surface area contributed by atoms with Crippen LogP contribution in [0.15, 0.2) is 42.6 Å². The highest BCUT2D eigenvalue weighted by Crippen LogP contribution is 2.37. The SMILES string of the molecule is C=C(CCNC(=O)COc1ccc(Cl)c(F)c1)NC(=O)[C@@H]1C[C@H](O)c2cc(F)c(Cl)cc2O1. The lowest BCUT2D eigenvalue weighted by molar-refractivity contribution is -0.129. The van der Waals surface area contributed by atoms with E-state index in [2.05, 4.69) is 17.2 Å². The van der Waals surface area contributed by atoms with Crippen molar-refractivity contribution in [2.45, 2.75) is 25.0 Å². The van der Waals surface area contributed by atoms with Gasteiger partial charge < -0.3 is 25.2 Å². The summed E-state index contributed by atoms with van der Waals surface area (Å²) in [5, 5.41) is 15.1. The highest BCUT2D eigenvalue weighted by molar-refractivity contribution is 6.31. The van der Waals surface area contributed by atoms with Gasteiger partial charge in [0.15, 0.2) is 12.7 Å². The molecule has 0 aliphatic carbocycles. The van der Waals surface area contributed by atoms with Gasteiger partial charge in [-0.3, -0.25) is 9.59 Å². The van der Waals surface area contributed by atoms with E-state index < -0.39 is 35.7 Å². The minimum atomic E-state index is -1.10. The first-order valence-corrected chi connectivity index (χ1v) is 10.6. The number of carbonyl (C=O) groups excluding carboxylic acids is 2. The van der Waals surface area contributed by atoms with Crippen LogP contribution in [0.4, 0.5) is 8.78 Å². The number of ether oxygens (including phenoxy) is 2. The Kier molecular flexibility index (Phi) is 8.12. The van der Waals surface area contributed by atoms with E-state index in [0.29, 0.717) is 5.70 Å². The molecule has 0 aromatic heterocycles. The molecule has 0 saturated heterocycles. The Morgan fingerprint density at radius 2 is 1.91 bits per heavy atom. The van der Waals surface area contributed by atoms with Gasteiger partial charge in [0.1, 0.15) is 23.1 Å². The third kappa shape index (κ3) is 6.56. The predicted octanol–water partition coefficient (Wildman–Crippen LogP) is 3.67. The van der Waals surface area contributed by atoms with Crippen LogP contribution in [0.25, 0.3) is 0 Å². The van der Waals surface area contributed by atoms with Gasteiger partial charge in [0.05, 0.1) is 16.1 Å². The lowest BCUT2D eigenvalue weighted by Gasteiger charge is -2.29. The van der Waals surface area contributed by atoms with Gasteiger partial charge >= 0.3 is 0 Å². The normalized spacial score (nSPS) is 16.9. The van der Waals surface area contributed by atoms with Gasteiger partial charge in [-0.25, -0.2) is 8.78 Å². The maximum absolute atomic E-state index is 13.6. The standard InChI is InChI=1S/C22H20Cl2F2N2O5/c1-11(4-5-27-21(30)10-32-12-2-3-14(23)16(25)6-12)28-22(31)20-9-18(29)13-7-17(26)15(24)8-19(13)33-20/h2-3,6-8,18,20,29H,1,4-5,9-10H2,(H,27,30)(H,28,31)/t18-,20-/m0/s1. The topological polar surface area (TPSA) is 96.9 Å². The van der Waals surface area contributed by atoms with Crippen molar-refractivity contribution in [3.63, 3.8) is 0 Å². The van der Waals surface area contributed by atoms with Crippen LogP contribution in [0.5, 0.6) is 11.5 Å². The Morgan fingerprint density at radius 3 is 2.64 bits per heavy atom. The average Bonchev–Trinajstić information content (AvgIpc) is 2.75. The van der Waals surface area contributed by atoms with Crippen LogP contribution in [0, 0.1) is 11.6 Å². The lowest BCUT2D eigenvalue weighted by atomic mass is 9.98. The van der Waals surface area contributed by atoms with Gasteiger partial charge in [0, 0.05) is 42.8 Å². The molecule has 0 radical (unpaired) electrons. The molecule has 11 heteroatoms. The molecule has 3 N–H and O–H groups in total. The molecule has 2 atom stereocenters. The minimum Gasteiger partial charge on any atom is -0.484 e. The van der Waals surface area contributed by atoms with E-state index >= 15 is 0 Å². The summed E-state index contributed by atoms with van der Waals surface area (Å²) in [6.45, 7) is 3.55. The number of amides is 2. The molecule has 33 heavy (non-hydrogen) atoms. The van der Waals surface area contributed by atoms with Gasteiger partial charge in [-0.2, -0.15) is 0 Å². The van der Waals surface area contributed by atoms with Crippen LogP contribution in [0.3, 0.4) is 0 Å². The average molecular weight is 501 g/mol. The Hall–Kier alpha value is -2.88. The third-order valence-corrected chi connectivity index (χ3v) is 5.32. The summed E-state index contributed by atoms with van der Waals surface area (Å²) < 4.78 is 37.7. The molecule has 2 aromatic carbocycles. The highest BCUT2D eigenvalue weighted by atomic mass is 35.5. The molecule has 0 spiro atoms. The van der Waals surface area contributed by atoms with E-state index in [-0.39, 0.29) is 53.1 Å². The fraction of sp³-hybridized carbons (Fsp3) is 0.273. The van der Waals surface area contributed by atoms with Crippen molar-refractivity contribution < 1.29 is 33.0 Å². The fourth-order valence-electron chi connectivity index (χ4n) is 3.03. The summed E-state index contributed by atoms with van der Waals surface area (Å²) >= 11 is 11.3. The van der Waals surface area contributed by atoms with E-state index in [0.717, 1.165) is 12.1 Å². The summed E-state index contributed by atoms with van der Waals surface area (Å²) in [4.78, 5) is 24.3. The first-order chi connectivity index (χ1) is 15.6. The summed E-state index contributed by atoms with van der Waals surface area (Å²) in [6.07, 6.45) is -1.99. The van der Waals surface area contributed by atoms with Crippen LogP contribution < -0.4 is 20.1 Å². The smallest absolute Gasteiger partial charge is 0.265 e. The maximum Gasteiger partial charge on any atom is 0.265 e. The minimum absolute atomic E-state index is 0.0533. The fourth-order valence-corrected chi connectivity index (χ4v) is 3.31. The van der Waals surface area contributed by atoms with Crippen molar-refractivity contribution in [2.75, 3.05) is 13.2 Å². The van der Waals surface area contributed by atoms with Gasteiger partial charge in [-0.1, -0.05) is 29.8 Å². The van der Waals surface area contributed by atoms with Crippen LogP contribution in [0.2, 0.25) is 10.0 Å². The summed E-state index contributed by atoms with van der Waals surface area (Å²) in [5.74, 6) is -2.08. The van der Waals surface area contributed by atoms with Crippen molar-refractivity contribution in [3.8, 4) is 11.5 Å². The monoisotopic (exact) mass is 500 g/mol. The van der Waals surface area contributed by atoms with E-state index in [9.17, 15) is 23.5 Å². The first-order valence-electron chi connectivity index (χ1n) is 9.81. The van der Waals surface area contributed by atoms with E-state index in [1.807, 2.05) is 0 Å². The van der Waals surface area contributed by atoms with Crippen LogP contribution in [-0.4, -0.2) is 36.2 Å². The third-order valence-electron chi connectivity index (χ3n) is 4.72. The molecule has 1 aliphatic rings. The molecular weight excluding hydrogens is 481 g/mol. The lowest BCUT2D eigenvalue weighted by Crippen LogP contribution is -2.41. The van der Waals surface area contributed by atoms with Crippen molar-refractivity contribution in [2.24, 2.45) is 0 Å². The Balaban J connectivity index is 1.41. The van der Waals surface area contributed by atoms with Crippen molar-refractivity contribution >= 4 is 35.0 Å². The zero-order valence-electron chi connectivity index (χ0n) is 17.2. The van der Waals surface area contributed by atoms with Crippen molar-refractivity contribution in [1.29, 1.82) is 0 Å². The number of fused-ring (bicyclic) bond motifs is 1. The molecule has 7 nitrogen and oxygen atoms in total. The predicted molar refractivity (Wildman–Crippen MR) is 117 cm³/mol. The molecule has 2 aromatic rings. The number of halogens is 4. The van der Waals surface area contributed by atoms with Gasteiger partial charge in [-0.15, -0.1) is 0 Å². The van der Waals surface area contributed by atoms with Crippen LogP contribution >= 0.6 is 23.2 Å². The zero-order chi connectivity index (χ0) is 24.1. The Bertz CT molecular complexity index is 1080. The molecule has 1 heterocycles. The largest absolute Gasteiger partial charge is 0.484 e. The van der Waals surface area contributed by atoms with E-state index in [1.165, 1.54) is 18.2 Å². The summed E-state index contributed by atoms with van der Waals surface area (Å²) in [5.41, 5.74) is 0.521. The number of nitrogens with one attached hydrogen (secondary N) is 2. The van der Waals surface area contributed by atoms with Gasteiger partial charge in [-0.05, 0) is 18.2 Å². The number of hydrogen-bond donors (Lipinski definition) is 3. The van der Waals surface area contributed by atoms with Crippen LogP contribution in [0.1, 0.15) is 24.5 Å². The second-order valence-electron chi connectivity index (χ2n) is 7.22. The molecule has 2 amide bonds. The number of carbonyl (C=O) groups is 2. The zero-order valence-corrected chi connectivity index (χ0v) is 18.7. The first kappa shape index (κ1) is 24.8. The van der Waals surface area contributed by atoms with Gasteiger partial charge in [0.25, 0.3) is 11.8 Å². The number of rotatable bonds is 8. The van der Waals surface area contributed by atoms with Crippen LogP contribution in [-0.2, 0) is 9.59 Å². The van der Waals surface area contributed by atoms with E-state index in [4.69, 9.17) is 32.7 Å². The molecule has 0 unspecified atom stereocenters. The van der Waals surface area contributed by atoms with Crippen molar-refractivity contribution in [3.05, 3.63) is 69.9 Å². The maximum atomic E-state index is 13.6. The molecule has 0 bridgehead atoms. The number of benzene rings is 2. The number of aliphatic hydroxyl groups is 1. The summed E-state index contributed by atoms with van der Waals surface area (Å²) in [7, 11) is 0. The molecule has 0 saturated carbocycles. The van der Waals surface area contributed by atoms with E-state index in [1.54, 1.807) is 0 Å². The van der Waals surface area contributed by atoms with Gasteiger partial charge in [0.2, 0.25) is 0 Å².